The molecule has 80 valence electrons. The fourth-order valence-corrected chi connectivity index (χ4v) is 3.54. The lowest BCUT2D eigenvalue weighted by molar-refractivity contribution is -0.0634. The Labute approximate surface area is 94.8 Å². The summed E-state index contributed by atoms with van der Waals surface area (Å²) in [6.07, 6.45) is 5.76. The Balaban J connectivity index is 2.02. The summed E-state index contributed by atoms with van der Waals surface area (Å²) in [6.45, 7) is 4.46. The van der Waals surface area contributed by atoms with Crippen LogP contribution < -0.4 is 0 Å². The summed E-state index contributed by atoms with van der Waals surface area (Å²) >= 11 is 1.77. The van der Waals surface area contributed by atoms with E-state index < -0.39 is 0 Å². The predicted octanol–water partition coefficient (Wildman–Crippen LogP) is 3.86. The van der Waals surface area contributed by atoms with Gasteiger partial charge >= 0.3 is 0 Å². The highest BCUT2D eigenvalue weighted by atomic mass is 32.1. The van der Waals surface area contributed by atoms with Crippen LogP contribution in [0, 0.1) is 0 Å². The van der Waals surface area contributed by atoms with E-state index in [4.69, 9.17) is 4.74 Å². The van der Waals surface area contributed by atoms with E-state index in [1.807, 2.05) is 0 Å². The van der Waals surface area contributed by atoms with E-state index >= 15 is 0 Å². The number of hydrogen-bond acceptors (Lipinski definition) is 2. The molecule has 0 unspecified atom stereocenters. The van der Waals surface area contributed by atoms with Gasteiger partial charge in [0.15, 0.2) is 0 Å². The van der Waals surface area contributed by atoms with E-state index in [-0.39, 0.29) is 11.2 Å². The van der Waals surface area contributed by atoms with Crippen LogP contribution in [0.3, 0.4) is 0 Å². The first-order chi connectivity index (χ1) is 7.09. The van der Waals surface area contributed by atoms with E-state index in [1.54, 1.807) is 11.3 Å². The van der Waals surface area contributed by atoms with Crippen LogP contribution in [0.25, 0.3) is 5.57 Å². The van der Waals surface area contributed by atoms with Crippen molar-refractivity contribution in [1.29, 1.82) is 0 Å². The maximum absolute atomic E-state index is 6.13. The molecule has 0 aliphatic carbocycles. The minimum Gasteiger partial charge on any atom is -0.365 e. The maximum Gasteiger partial charge on any atom is 0.0848 e. The Morgan fingerprint density at radius 1 is 1.33 bits per heavy atom. The highest BCUT2D eigenvalue weighted by Crippen LogP contribution is 2.49. The van der Waals surface area contributed by atoms with E-state index in [0.29, 0.717) is 0 Å². The third kappa shape index (κ3) is 1.56. The number of thiophene rings is 1. The summed E-state index contributed by atoms with van der Waals surface area (Å²) in [7, 11) is 0. The van der Waals surface area contributed by atoms with Gasteiger partial charge in [-0.2, -0.15) is 11.3 Å². The quantitative estimate of drug-likeness (QED) is 0.698. The second-order valence-corrected chi connectivity index (χ2v) is 6.00. The van der Waals surface area contributed by atoms with Crippen molar-refractivity contribution in [3.8, 4) is 0 Å². The molecule has 3 rings (SSSR count). The summed E-state index contributed by atoms with van der Waals surface area (Å²) in [5.74, 6) is 0. The summed E-state index contributed by atoms with van der Waals surface area (Å²) in [6, 6.07) is 2.22. The third-order valence-corrected chi connectivity index (χ3v) is 4.25. The van der Waals surface area contributed by atoms with Crippen molar-refractivity contribution < 1.29 is 4.74 Å². The molecule has 1 aromatic rings. The first-order valence-corrected chi connectivity index (χ1v) is 6.47. The van der Waals surface area contributed by atoms with Gasteiger partial charge in [0.05, 0.1) is 11.2 Å². The Bertz CT molecular complexity index is 406. The average molecular weight is 220 g/mol. The molecule has 15 heavy (non-hydrogen) atoms. The lowest BCUT2D eigenvalue weighted by atomic mass is 9.91. The van der Waals surface area contributed by atoms with Crippen molar-refractivity contribution in [3.05, 3.63) is 28.5 Å². The second-order valence-electron chi connectivity index (χ2n) is 5.22. The molecule has 2 aliphatic rings. The van der Waals surface area contributed by atoms with Gasteiger partial charge in [0.2, 0.25) is 0 Å². The summed E-state index contributed by atoms with van der Waals surface area (Å²) in [5, 5.41) is 4.39. The van der Waals surface area contributed by atoms with E-state index in [9.17, 15) is 0 Å². The molecule has 0 aromatic carbocycles. The zero-order chi connectivity index (χ0) is 10.5. The number of hydrogen-bond donors (Lipinski definition) is 0. The molecule has 0 spiro atoms. The molecular weight excluding hydrogens is 204 g/mol. The SMILES string of the molecule is C[C@]12CC[C@](C)(C=C(c3ccsc3)C1)O2. The van der Waals surface area contributed by atoms with Crippen LogP contribution in [-0.4, -0.2) is 11.2 Å². The van der Waals surface area contributed by atoms with Crippen molar-refractivity contribution in [2.45, 2.75) is 44.3 Å². The standard InChI is InChI=1S/C13H16OS/c1-12-4-5-13(2,14-12)8-11(7-12)10-3-6-15-9-10/h3,6-7,9H,4-5,8H2,1-2H3/t12-,13+/m1/s1. The van der Waals surface area contributed by atoms with Crippen LogP contribution in [0.2, 0.25) is 0 Å². The van der Waals surface area contributed by atoms with Crippen LogP contribution in [0.1, 0.15) is 38.7 Å². The van der Waals surface area contributed by atoms with Crippen LogP contribution >= 0.6 is 11.3 Å². The number of rotatable bonds is 1. The molecule has 0 saturated carbocycles. The van der Waals surface area contributed by atoms with Gasteiger partial charge in [0, 0.05) is 6.42 Å². The van der Waals surface area contributed by atoms with Gasteiger partial charge in [0.1, 0.15) is 0 Å². The van der Waals surface area contributed by atoms with Gasteiger partial charge < -0.3 is 4.74 Å². The van der Waals surface area contributed by atoms with Gasteiger partial charge in [0.25, 0.3) is 0 Å². The number of ether oxygens (including phenoxy) is 1. The van der Waals surface area contributed by atoms with Crippen molar-refractivity contribution in [1.82, 2.24) is 0 Å². The Morgan fingerprint density at radius 3 is 2.87 bits per heavy atom. The van der Waals surface area contributed by atoms with Crippen LogP contribution in [0.15, 0.2) is 22.9 Å². The summed E-state index contributed by atoms with van der Waals surface area (Å²) in [4.78, 5) is 0. The molecule has 1 saturated heterocycles. The molecule has 3 heterocycles. The minimum absolute atomic E-state index is 0.00965. The summed E-state index contributed by atoms with van der Waals surface area (Å²) < 4.78 is 6.13. The molecular formula is C13H16OS. The zero-order valence-electron chi connectivity index (χ0n) is 9.25. The van der Waals surface area contributed by atoms with Crippen molar-refractivity contribution in [2.75, 3.05) is 0 Å². The monoisotopic (exact) mass is 220 g/mol. The molecule has 0 N–H and O–H groups in total. The molecule has 1 nitrogen and oxygen atoms in total. The van der Waals surface area contributed by atoms with E-state index in [1.165, 1.54) is 17.6 Å². The highest BCUT2D eigenvalue weighted by molar-refractivity contribution is 7.08. The Morgan fingerprint density at radius 2 is 2.20 bits per heavy atom. The smallest absolute Gasteiger partial charge is 0.0848 e. The van der Waals surface area contributed by atoms with Gasteiger partial charge in [-0.15, -0.1) is 0 Å². The van der Waals surface area contributed by atoms with Crippen molar-refractivity contribution in [2.24, 2.45) is 0 Å². The van der Waals surface area contributed by atoms with E-state index in [2.05, 4.69) is 36.7 Å². The predicted molar refractivity (Wildman–Crippen MR) is 64.0 cm³/mol. The topological polar surface area (TPSA) is 9.23 Å². The fourth-order valence-electron chi connectivity index (χ4n) is 2.86. The lowest BCUT2D eigenvalue weighted by Crippen LogP contribution is -2.34. The van der Waals surface area contributed by atoms with Gasteiger partial charge in [-0.05, 0) is 60.7 Å². The molecule has 2 heteroatoms. The van der Waals surface area contributed by atoms with E-state index in [0.717, 1.165) is 12.8 Å². The van der Waals surface area contributed by atoms with Gasteiger partial charge in [-0.3, -0.25) is 0 Å². The molecule has 2 aliphatic heterocycles. The Hall–Kier alpha value is -0.600. The minimum atomic E-state index is -0.00965. The third-order valence-electron chi connectivity index (χ3n) is 3.57. The molecule has 2 bridgehead atoms. The van der Waals surface area contributed by atoms with Crippen LogP contribution in [0.4, 0.5) is 0 Å². The fraction of sp³-hybridized carbons (Fsp3) is 0.538. The molecule has 0 amide bonds. The van der Waals surface area contributed by atoms with Crippen molar-refractivity contribution >= 4 is 16.9 Å². The number of fused-ring (bicyclic) bond motifs is 2. The maximum atomic E-state index is 6.13. The van der Waals surface area contributed by atoms with Crippen molar-refractivity contribution in [3.63, 3.8) is 0 Å². The molecule has 1 fully saturated rings. The molecule has 1 aromatic heterocycles. The van der Waals surface area contributed by atoms with Gasteiger partial charge in [-0.1, -0.05) is 0 Å². The van der Waals surface area contributed by atoms with Gasteiger partial charge in [-0.25, -0.2) is 0 Å². The Kier molecular flexibility index (Phi) is 1.89. The zero-order valence-corrected chi connectivity index (χ0v) is 10.1. The molecule has 0 radical (unpaired) electrons. The van der Waals surface area contributed by atoms with Crippen LogP contribution in [0.5, 0.6) is 0 Å². The molecule has 2 atom stereocenters. The first-order valence-electron chi connectivity index (χ1n) is 5.53. The van der Waals surface area contributed by atoms with Crippen LogP contribution in [-0.2, 0) is 4.74 Å². The lowest BCUT2D eigenvalue weighted by Gasteiger charge is -2.35. The first kappa shape index (κ1) is 9.61. The normalized spacial score (nSPS) is 39.2. The largest absolute Gasteiger partial charge is 0.365 e. The summed E-state index contributed by atoms with van der Waals surface area (Å²) in [5.41, 5.74) is 2.94. The second kappa shape index (κ2) is 2.96. The average Bonchev–Trinajstić information content (AvgIpc) is 2.72. The highest BCUT2D eigenvalue weighted by Gasteiger charge is 2.46.